The molecule has 0 spiro atoms. The number of hydrogen-bond donors (Lipinski definition) is 1. The molecule has 0 saturated carbocycles. The van der Waals surface area contributed by atoms with E-state index in [0.717, 1.165) is 45.6 Å². The van der Waals surface area contributed by atoms with Crippen LogP contribution in [-0.2, 0) is 9.53 Å². The largest absolute Gasteiger partial charge is 0.466 e. The van der Waals surface area contributed by atoms with Crippen LogP contribution in [0.4, 0.5) is 0 Å². The first-order valence-electron chi connectivity index (χ1n) is 6.93. The first-order chi connectivity index (χ1) is 8.67. The smallest absolute Gasteiger partial charge is 0.309 e. The minimum atomic E-state index is -0.0244. The summed E-state index contributed by atoms with van der Waals surface area (Å²) < 4.78 is 5.07. The zero-order valence-corrected chi connectivity index (χ0v) is 11.7. The van der Waals surface area contributed by atoms with E-state index in [1.807, 2.05) is 6.92 Å². The lowest BCUT2D eigenvalue weighted by molar-refractivity contribution is -0.149. The number of nitrogens with one attached hydrogen (secondary N) is 1. The second-order valence-electron chi connectivity index (χ2n) is 4.83. The Kier molecular flexibility index (Phi) is 6.98. The standard InChI is InChI=1S/C14H26N2O2/c1-4-15-10-12(3)11-16-8-6-13(7-9-16)14(17)18-5-2/h13,15H,3-11H2,1-2H3. The highest BCUT2D eigenvalue weighted by Crippen LogP contribution is 2.19. The van der Waals surface area contributed by atoms with Crippen molar-refractivity contribution in [2.75, 3.05) is 39.3 Å². The van der Waals surface area contributed by atoms with Crippen LogP contribution in [-0.4, -0.2) is 50.2 Å². The first kappa shape index (κ1) is 15.2. The van der Waals surface area contributed by atoms with Gasteiger partial charge in [-0.3, -0.25) is 9.69 Å². The summed E-state index contributed by atoms with van der Waals surface area (Å²) >= 11 is 0. The Labute approximate surface area is 110 Å². The van der Waals surface area contributed by atoms with Crippen LogP contribution in [0, 0.1) is 5.92 Å². The van der Waals surface area contributed by atoms with E-state index in [9.17, 15) is 4.79 Å². The first-order valence-corrected chi connectivity index (χ1v) is 6.93. The lowest BCUT2D eigenvalue weighted by Crippen LogP contribution is -2.38. The number of carbonyl (C=O) groups is 1. The zero-order valence-electron chi connectivity index (χ0n) is 11.7. The quantitative estimate of drug-likeness (QED) is 0.551. The molecule has 0 bridgehead atoms. The van der Waals surface area contributed by atoms with Crippen LogP contribution in [0.15, 0.2) is 12.2 Å². The third-order valence-electron chi connectivity index (χ3n) is 3.28. The van der Waals surface area contributed by atoms with Gasteiger partial charge in [-0.15, -0.1) is 0 Å². The number of rotatable bonds is 7. The second-order valence-corrected chi connectivity index (χ2v) is 4.83. The Bertz CT molecular complexity index is 271. The van der Waals surface area contributed by atoms with Gasteiger partial charge in [0.2, 0.25) is 0 Å². The lowest BCUT2D eigenvalue weighted by Gasteiger charge is -2.31. The Morgan fingerprint density at radius 2 is 2.06 bits per heavy atom. The molecule has 1 aliphatic heterocycles. The van der Waals surface area contributed by atoms with Crippen molar-refractivity contribution < 1.29 is 9.53 Å². The minimum Gasteiger partial charge on any atom is -0.466 e. The summed E-state index contributed by atoms with van der Waals surface area (Å²) in [5, 5.41) is 3.28. The van der Waals surface area contributed by atoms with Crippen LogP contribution in [0.5, 0.6) is 0 Å². The lowest BCUT2D eigenvalue weighted by atomic mass is 9.97. The average Bonchev–Trinajstić information content (AvgIpc) is 2.37. The van der Waals surface area contributed by atoms with Gasteiger partial charge in [-0.25, -0.2) is 0 Å². The Morgan fingerprint density at radius 3 is 2.61 bits per heavy atom. The second kappa shape index (κ2) is 8.27. The van der Waals surface area contributed by atoms with E-state index in [1.165, 1.54) is 5.57 Å². The van der Waals surface area contributed by atoms with E-state index < -0.39 is 0 Å². The van der Waals surface area contributed by atoms with Crippen molar-refractivity contribution in [1.82, 2.24) is 10.2 Å². The van der Waals surface area contributed by atoms with Crippen LogP contribution in [0.1, 0.15) is 26.7 Å². The molecule has 0 unspecified atom stereocenters. The van der Waals surface area contributed by atoms with Gasteiger partial charge in [0.05, 0.1) is 12.5 Å². The van der Waals surface area contributed by atoms with Crippen LogP contribution >= 0.6 is 0 Å². The Balaban J connectivity index is 2.22. The number of likely N-dealkylation sites (N-methyl/N-ethyl adjacent to an activating group) is 1. The number of ether oxygens (including phenoxy) is 1. The molecule has 4 nitrogen and oxygen atoms in total. The molecule has 1 fully saturated rings. The SMILES string of the molecule is C=C(CNCC)CN1CCC(C(=O)OCC)CC1. The molecule has 0 aliphatic carbocycles. The topological polar surface area (TPSA) is 41.6 Å². The van der Waals surface area contributed by atoms with Crippen molar-refractivity contribution in [3.8, 4) is 0 Å². The summed E-state index contributed by atoms with van der Waals surface area (Å²) in [6, 6.07) is 0. The molecule has 1 saturated heterocycles. The maximum atomic E-state index is 11.6. The molecule has 0 amide bonds. The van der Waals surface area contributed by atoms with Gasteiger partial charge in [0.1, 0.15) is 0 Å². The van der Waals surface area contributed by atoms with Crippen molar-refractivity contribution in [3.63, 3.8) is 0 Å². The van der Waals surface area contributed by atoms with Crippen molar-refractivity contribution in [1.29, 1.82) is 0 Å². The van der Waals surface area contributed by atoms with Crippen molar-refractivity contribution in [2.45, 2.75) is 26.7 Å². The van der Waals surface area contributed by atoms with Gasteiger partial charge in [-0.2, -0.15) is 0 Å². The van der Waals surface area contributed by atoms with Gasteiger partial charge >= 0.3 is 5.97 Å². The number of carbonyl (C=O) groups excluding carboxylic acids is 1. The number of piperidine rings is 1. The van der Waals surface area contributed by atoms with E-state index in [-0.39, 0.29) is 11.9 Å². The summed E-state index contributed by atoms with van der Waals surface area (Å²) in [5.74, 6) is 0.0758. The molecule has 104 valence electrons. The predicted octanol–water partition coefficient (Wildman–Crippen LogP) is 1.43. The van der Waals surface area contributed by atoms with Crippen LogP contribution in [0.3, 0.4) is 0 Å². The van der Waals surface area contributed by atoms with Gasteiger partial charge in [0.25, 0.3) is 0 Å². The molecule has 0 radical (unpaired) electrons. The van der Waals surface area contributed by atoms with Crippen molar-refractivity contribution >= 4 is 5.97 Å². The molecule has 0 aromatic heterocycles. The Morgan fingerprint density at radius 1 is 1.39 bits per heavy atom. The molecular formula is C14H26N2O2. The molecule has 1 N–H and O–H groups in total. The van der Waals surface area contributed by atoms with E-state index in [4.69, 9.17) is 4.74 Å². The molecule has 0 aromatic carbocycles. The monoisotopic (exact) mass is 254 g/mol. The summed E-state index contributed by atoms with van der Waals surface area (Å²) in [5.41, 5.74) is 1.21. The highest BCUT2D eigenvalue weighted by molar-refractivity contribution is 5.72. The summed E-state index contributed by atoms with van der Waals surface area (Å²) in [4.78, 5) is 14.0. The van der Waals surface area contributed by atoms with Gasteiger partial charge < -0.3 is 10.1 Å². The molecule has 0 aromatic rings. The summed E-state index contributed by atoms with van der Waals surface area (Å²) in [7, 11) is 0. The molecule has 1 rings (SSSR count). The van der Waals surface area contributed by atoms with Gasteiger partial charge in [0.15, 0.2) is 0 Å². The fourth-order valence-corrected chi connectivity index (χ4v) is 2.26. The van der Waals surface area contributed by atoms with Crippen molar-refractivity contribution in [3.05, 3.63) is 12.2 Å². The van der Waals surface area contributed by atoms with E-state index in [0.29, 0.717) is 6.61 Å². The highest BCUT2D eigenvalue weighted by atomic mass is 16.5. The minimum absolute atomic E-state index is 0.0244. The van der Waals surface area contributed by atoms with E-state index >= 15 is 0 Å². The Hall–Kier alpha value is -0.870. The average molecular weight is 254 g/mol. The van der Waals surface area contributed by atoms with E-state index in [1.54, 1.807) is 0 Å². The number of nitrogens with zero attached hydrogens (tertiary/aromatic N) is 1. The maximum Gasteiger partial charge on any atom is 0.309 e. The third-order valence-corrected chi connectivity index (χ3v) is 3.28. The van der Waals surface area contributed by atoms with Crippen molar-refractivity contribution in [2.24, 2.45) is 5.92 Å². The summed E-state index contributed by atoms with van der Waals surface area (Å²) in [6.07, 6.45) is 1.82. The predicted molar refractivity (Wildman–Crippen MR) is 73.5 cm³/mol. The third kappa shape index (κ3) is 5.19. The normalized spacial score (nSPS) is 17.7. The molecular weight excluding hydrogens is 228 g/mol. The van der Waals surface area contributed by atoms with Gasteiger partial charge in [-0.1, -0.05) is 13.5 Å². The summed E-state index contributed by atoms with van der Waals surface area (Å²) in [6.45, 7) is 13.2. The fourth-order valence-electron chi connectivity index (χ4n) is 2.26. The molecule has 18 heavy (non-hydrogen) atoms. The molecule has 4 heteroatoms. The van der Waals surface area contributed by atoms with Crippen LogP contribution in [0.2, 0.25) is 0 Å². The maximum absolute atomic E-state index is 11.6. The number of hydrogen-bond acceptors (Lipinski definition) is 4. The van der Waals surface area contributed by atoms with Gasteiger partial charge in [0, 0.05) is 13.1 Å². The number of esters is 1. The highest BCUT2D eigenvalue weighted by Gasteiger charge is 2.25. The van der Waals surface area contributed by atoms with Crippen LogP contribution in [0.25, 0.3) is 0 Å². The van der Waals surface area contributed by atoms with Gasteiger partial charge in [-0.05, 0) is 45.0 Å². The molecule has 1 heterocycles. The molecule has 1 aliphatic rings. The fraction of sp³-hybridized carbons (Fsp3) is 0.786. The zero-order chi connectivity index (χ0) is 13.4. The van der Waals surface area contributed by atoms with Crippen LogP contribution < -0.4 is 5.32 Å². The molecule has 0 atom stereocenters. The van der Waals surface area contributed by atoms with E-state index in [2.05, 4.69) is 23.7 Å². The number of likely N-dealkylation sites (tertiary alicyclic amines) is 1.